The molecular weight excluding hydrogens is 532 g/mol. The fourth-order valence-corrected chi connectivity index (χ4v) is 6.41. The third-order valence-electron chi connectivity index (χ3n) is 9.13. The molecule has 7 atom stereocenters. The first kappa shape index (κ1) is 37.2. The molecule has 4 N–H and O–H groups in total. The maximum atomic E-state index is 11.6. The summed E-state index contributed by atoms with van der Waals surface area (Å²) in [6.07, 6.45) is 23.0. The van der Waals surface area contributed by atoms with E-state index < -0.39 is 18.3 Å². The summed E-state index contributed by atoms with van der Waals surface area (Å²) < 4.78 is 11.3. The number of carbonyl (C=O) groups excluding carboxylic acids is 1. The zero-order valence-corrected chi connectivity index (χ0v) is 26.9. The van der Waals surface area contributed by atoms with Crippen molar-refractivity contribution in [3.63, 3.8) is 0 Å². The normalized spacial score (nSPS) is 23.5. The largest absolute Gasteiger partial charge is 0.455 e. The molecular formula is C35H64O7. The van der Waals surface area contributed by atoms with Crippen LogP contribution in [0.25, 0.3) is 0 Å². The van der Waals surface area contributed by atoms with Crippen LogP contribution in [0.1, 0.15) is 162 Å². The van der Waals surface area contributed by atoms with Gasteiger partial charge in [-0.05, 0) is 57.9 Å². The molecule has 1 saturated heterocycles. The van der Waals surface area contributed by atoms with Crippen molar-refractivity contribution in [1.29, 1.82) is 0 Å². The maximum absolute atomic E-state index is 11.6. The molecule has 2 aliphatic rings. The molecule has 0 spiro atoms. The lowest BCUT2D eigenvalue weighted by Crippen LogP contribution is -2.26. The lowest BCUT2D eigenvalue weighted by molar-refractivity contribution is -0.139. The number of aliphatic hydroxyl groups is 4. The smallest absolute Gasteiger partial charge is 0.334 e. The van der Waals surface area contributed by atoms with Gasteiger partial charge < -0.3 is 29.9 Å². The molecule has 0 saturated carbocycles. The summed E-state index contributed by atoms with van der Waals surface area (Å²) in [5, 5.41) is 40.9. The summed E-state index contributed by atoms with van der Waals surface area (Å²) in [6.45, 7) is 3.98. The fourth-order valence-electron chi connectivity index (χ4n) is 6.41. The quantitative estimate of drug-likeness (QED) is 0.0624. The number of rotatable bonds is 26. The first-order valence-electron chi connectivity index (χ1n) is 17.6. The van der Waals surface area contributed by atoms with E-state index in [1.807, 2.05) is 13.0 Å². The van der Waals surface area contributed by atoms with Crippen LogP contribution in [0.4, 0.5) is 0 Å². The Labute approximate surface area is 256 Å². The van der Waals surface area contributed by atoms with Gasteiger partial charge in [0.2, 0.25) is 0 Å². The Morgan fingerprint density at radius 2 is 1.29 bits per heavy atom. The Balaban J connectivity index is 1.36. The number of ether oxygens (including phenoxy) is 2. The average molecular weight is 597 g/mol. The van der Waals surface area contributed by atoms with Crippen molar-refractivity contribution >= 4 is 5.97 Å². The summed E-state index contributed by atoms with van der Waals surface area (Å²) in [6, 6.07) is 0. The predicted octanol–water partition coefficient (Wildman–Crippen LogP) is 7.06. The lowest BCUT2D eigenvalue weighted by Gasteiger charge is -2.20. The molecule has 7 nitrogen and oxygen atoms in total. The number of esters is 1. The molecule has 0 bridgehead atoms. The van der Waals surface area contributed by atoms with Crippen LogP contribution >= 0.6 is 0 Å². The highest BCUT2D eigenvalue weighted by Crippen LogP contribution is 2.28. The van der Waals surface area contributed by atoms with Gasteiger partial charge in [-0.2, -0.15) is 0 Å². The van der Waals surface area contributed by atoms with E-state index in [-0.39, 0.29) is 24.3 Å². The van der Waals surface area contributed by atoms with Crippen molar-refractivity contribution in [2.45, 2.75) is 204 Å². The highest BCUT2D eigenvalue weighted by molar-refractivity contribution is 5.90. The van der Waals surface area contributed by atoms with Gasteiger partial charge in [-0.1, -0.05) is 103 Å². The topological polar surface area (TPSA) is 116 Å². The minimum atomic E-state index is -0.604. The minimum Gasteiger partial charge on any atom is -0.455 e. The van der Waals surface area contributed by atoms with E-state index in [0.717, 1.165) is 89.9 Å². The number of carbonyl (C=O) groups is 1. The Morgan fingerprint density at radius 1 is 0.738 bits per heavy atom. The van der Waals surface area contributed by atoms with Crippen LogP contribution in [0.5, 0.6) is 0 Å². The van der Waals surface area contributed by atoms with Crippen LogP contribution in [0, 0.1) is 0 Å². The van der Waals surface area contributed by atoms with Gasteiger partial charge in [0, 0.05) is 12.0 Å². The molecule has 0 aromatic rings. The molecule has 0 radical (unpaired) electrons. The van der Waals surface area contributed by atoms with Crippen LogP contribution in [-0.4, -0.2) is 69.1 Å². The first-order chi connectivity index (χ1) is 20.3. The average Bonchev–Trinajstić information content (AvgIpc) is 3.56. The summed E-state index contributed by atoms with van der Waals surface area (Å²) in [4.78, 5) is 11.6. The summed E-state index contributed by atoms with van der Waals surface area (Å²) in [7, 11) is 0. The Morgan fingerprint density at radius 3 is 1.88 bits per heavy atom. The van der Waals surface area contributed by atoms with Crippen LogP contribution in [-0.2, 0) is 14.3 Å². The standard InChI is InChI=1S/C35H64O7/c1-3-4-13-20-31(37)32(38)21-16-11-12-17-22-33(39)34-24-23-30(42-34)19-15-10-8-6-5-7-9-14-18-29(36)26-28-25-27(2)41-35(28)40/h25,27,29-34,36-39H,3-24,26H2,1-2H3. The number of unbranched alkanes of at least 4 members (excludes halogenated alkanes) is 12. The van der Waals surface area contributed by atoms with E-state index in [2.05, 4.69) is 6.92 Å². The van der Waals surface area contributed by atoms with Crippen molar-refractivity contribution in [1.82, 2.24) is 0 Å². The van der Waals surface area contributed by atoms with Gasteiger partial charge in [0.05, 0.1) is 36.6 Å². The van der Waals surface area contributed by atoms with Crippen LogP contribution in [0.3, 0.4) is 0 Å². The van der Waals surface area contributed by atoms with E-state index in [1.165, 1.54) is 38.5 Å². The highest BCUT2D eigenvalue weighted by Gasteiger charge is 2.30. The summed E-state index contributed by atoms with van der Waals surface area (Å²) in [5.74, 6) is -0.277. The van der Waals surface area contributed by atoms with E-state index in [4.69, 9.17) is 9.47 Å². The van der Waals surface area contributed by atoms with Crippen molar-refractivity contribution in [3.05, 3.63) is 11.6 Å². The molecule has 246 valence electrons. The molecule has 7 unspecified atom stereocenters. The minimum absolute atomic E-state index is 0.0131. The zero-order valence-electron chi connectivity index (χ0n) is 26.9. The zero-order chi connectivity index (χ0) is 30.6. The third kappa shape index (κ3) is 16.2. The maximum Gasteiger partial charge on any atom is 0.334 e. The van der Waals surface area contributed by atoms with Gasteiger partial charge in [-0.25, -0.2) is 4.79 Å². The van der Waals surface area contributed by atoms with Crippen LogP contribution < -0.4 is 0 Å². The Bertz CT molecular complexity index is 726. The molecule has 1 fully saturated rings. The second-order valence-electron chi connectivity index (χ2n) is 13.1. The Hall–Kier alpha value is -0.990. The van der Waals surface area contributed by atoms with Crippen molar-refractivity contribution in [3.8, 4) is 0 Å². The number of cyclic esters (lactones) is 1. The van der Waals surface area contributed by atoms with E-state index in [9.17, 15) is 25.2 Å². The van der Waals surface area contributed by atoms with E-state index >= 15 is 0 Å². The molecule has 7 heteroatoms. The molecule has 0 amide bonds. The summed E-state index contributed by atoms with van der Waals surface area (Å²) >= 11 is 0. The molecule has 2 heterocycles. The highest BCUT2D eigenvalue weighted by atomic mass is 16.5. The lowest BCUT2D eigenvalue weighted by atomic mass is 9.99. The SMILES string of the molecule is CCCCCC(O)C(O)CCCCCCC(O)C1CCC(CCCCCCCCCCC(O)CC2=CC(C)OC2=O)O1. The molecule has 2 aliphatic heterocycles. The van der Waals surface area contributed by atoms with Crippen molar-refractivity contribution in [2.24, 2.45) is 0 Å². The molecule has 0 aromatic heterocycles. The monoisotopic (exact) mass is 596 g/mol. The third-order valence-corrected chi connectivity index (χ3v) is 9.13. The van der Waals surface area contributed by atoms with Gasteiger partial charge >= 0.3 is 5.97 Å². The van der Waals surface area contributed by atoms with Gasteiger partial charge in [0.1, 0.15) is 6.10 Å². The number of aliphatic hydroxyl groups excluding tert-OH is 4. The molecule has 42 heavy (non-hydrogen) atoms. The van der Waals surface area contributed by atoms with Gasteiger partial charge in [0.25, 0.3) is 0 Å². The first-order valence-corrected chi connectivity index (χ1v) is 17.6. The molecule has 0 aliphatic carbocycles. The second kappa shape index (κ2) is 22.5. The number of hydrogen-bond donors (Lipinski definition) is 4. The second-order valence-corrected chi connectivity index (χ2v) is 13.1. The van der Waals surface area contributed by atoms with E-state index in [0.29, 0.717) is 30.9 Å². The fraction of sp³-hybridized carbons (Fsp3) is 0.914. The molecule has 2 rings (SSSR count). The van der Waals surface area contributed by atoms with Gasteiger partial charge in [-0.15, -0.1) is 0 Å². The number of hydrogen-bond acceptors (Lipinski definition) is 7. The van der Waals surface area contributed by atoms with Crippen LogP contribution in [0.2, 0.25) is 0 Å². The van der Waals surface area contributed by atoms with E-state index in [1.54, 1.807) is 0 Å². The van der Waals surface area contributed by atoms with Crippen molar-refractivity contribution < 1.29 is 34.7 Å². The Kier molecular flexibility index (Phi) is 19.9. The predicted molar refractivity (Wildman–Crippen MR) is 168 cm³/mol. The van der Waals surface area contributed by atoms with Crippen LogP contribution in [0.15, 0.2) is 11.6 Å². The van der Waals surface area contributed by atoms with Crippen molar-refractivity contribution in [2.75, 3.05) is 0 Å². The molecule has 0 aromatic carbocycles. The summed E-state index contributed by atoms with van der Waals surface area (Å²) in [5.41, 5.74) is 0.621. The van der Waals surface area contributed by atoms with Gasteiger partial charge in [-0.3, -0.25) is 0 Å². The van der Waals surface area contributed by atoms with Gasteiger partial charge in [0.15, 0.2) is 0 Å².